The molecular formula is C13H21N3O2. The zero-order chi connectivity index (χ0) is 13.4. The number of aromatic nitrogens is 1. The number of pyridine rings is 1. The van der Waals surface area contributed by atoms with E-state index in [1.165, 1.54) is 0 Å². The third-order valence-corrected chi connectivity index (χ3v) is 2.72. The summed E-state index contributed by atoms with van der Waals surface area (Å²) in [5.41, 5.74) is 0.545. The second-order valence-corrected chi connectivity index (χ2v) is 3.91. The van der Waals surface area contributed by atoms with E-state index in [4.69, 9.17) is 5.11 Å². The highest BCUT2D eigenvalue weighted by molar-refractivity contribution is 5.94. The molecule has 5 nitrogen and oxygen atoms in total. The molecule has 0 aliphatic heterocycles. The van der Waals surface area contributed by atoms with Gasteiger partial charge in [-0.25, -0.2) is 4.98 Å². The summed E-state index contributed by atoms with van der Waals surface area (Å²) in [7, 11) is 0. The predicted molar refractivity (Wildman–Crippen MR) is 71.8 cm³/mol. The van der Waals surface area contributed by atoms with Crippen molar-refractivity contribution in [1.82, 2.24) is 10.3 Å². The largest absolute Gasteiger partial charge is 0.396 e. The molecule has 0 aromatic carbocycles. The first-order valence-electron chi connectivity index (χ1n) is 6.33. The summed E-state index contributed by atoms with van der Waals surface area (Å²) in [5.74, 6) is 0.731. The minimum absolute atomic E-state index is 0.0828. The molecule has 2 N–H and O–H groups in total. The number of aliphatic hydroxyl groups is 1. The van der Waals surface area contributed by atoms with Crippen molar-refractivity contribution in [3.8, 4) is 0 Å². The predicted octanol–water partition coefficient (Wildman–Crippen LogP) is 1.04. The second kappa shape index (κ2) is 7.66. The zero-order valence-electron chi connectivity index (χ0n) is 11.0. The summed E-state index contributed by atoms with van der Waals surface area (Å²) in [6.45, 7) is 6.49. The number of rotatable bonds is 7. The minimum atomic E-state index is -0.151. The molecule has 1 aromatic heterocycles. The summed E-state index contributed by atoms with van der Waals surface area (Å²) < 4.78 is 0. The van der Waals surface area contributed by atoms with E-state index in [1.807, 2.05) is 6.07 Å². The lowest BCUT2D eigenvalue weighted by molar-refractivity contribution is 0.0951. The first kappa shape index (κ1) is 14.4. The number of anilines is 1. The Hall–Kier alpha value is -1.62. The van der Waals surface area contributed by atoms with Crippen LogP contribution < -0.4 is 10.2 Å². The number of carbonyl (C=O) groups is 1. The molecule has 5 heteroatoms. The molecule has 0 aliphatic rings. The maximum absolute atomic E-state index is 11.7. The highest BCUT2D eigenvalue weighted by Crippen LogP contribution is 2.10. The van der Waals surface area contributed by atoms with Crippen LogP contribution in [-0.2, 0) is 0 Å². The Kier molecular flexibility index (Phi) is 6.14. The van der Waals surface area contributed by atoms with Crippen LogP contribution in [0.5, 0.6) is 0 Å². The van der Waals surface area contributed by atoms with E-state index in [0.29, 0.717) is 18.5 Å². The van der Waals surface area contributed by atoms with Crippen LogP contribution in [-0.4, -0.2) is 42.2 Å². The zero-order valence-corrected chi connectivity index (χ0v) is 11.0. The Bertz CT molecular complexity index is 361. The van der Waals surface area contributed by atoms with Gasteiger partial charge in [0.25, 0.3) is 5.91 Å². The molecule has 1 rings (SSSR count). The van der Waals surface area contributed by atoms with Crippen LogP contribution >= 0.6 is 0 Å². The molecule has 18 heavy (non-hydrogen) atoms. The van der Waals surface area contributed by atoms with E-state index < -0.39 is 0 Å². The highest BCUT2D eigenvalue weighted by Gasteiger charge is 2.07. The molecule has 1 aromatic rings. The van der Waals surface area contributed by atoms with E-state index in [1.54, 1.807) is 12.3 Å². The molecule has 1 heterocycles. The average Bonchev–Trinajstić information content (AvgIpc) is 2.41. The van der Waals surface area contributed by atoms with Crippen molar-refractivity contribution in [3.63, 3.8) is 0 Å². The summed E-state index contributed by atoms with van der Waals surface area (Å²) in [6, 6.07) is 3.63. The Balaban J connectivity index is 2.61. The summed E-state index contributed by atoms with van der Waals surface area (Å²) in [5, 5.41) is 11.4. The quantitative estimate of drug-likeness (QED) is 0.711. The van der Waals surface area contributed by atoms with Gasteiger partial charge < -0.3 is 15.3 Å². The van der Waals surface area contributed by atoms with Gasteiger partial charge >= 0.3 is 0 Å². The molecule has 0 saturated carbocycles. The fourth-order valence-electron chi connectivity index (χ4n) is 1.64. The maximum Gasteiger partial charge on any atom is 0.252 e. The monoisotopic (exact) mass is 251 g/mol. The molecule has 0 saturated heterocycles. The van der Waals surface area contributed by atoms with Crippen molar-refractivity contribution in [2.45, 2.75) is 20.3 Å². The lowest BCUT2D eigenvalue weighted by Crippen LogP contribution is -2.26. The molecule has 0 atom stereocenters. The lowest BCUT2D eigenvalue weighted by atomic mass is 10.2. The standard InChI is InChI=1S/C13H21N3O2/c1-3-16(4-2)12-7-6-11(10-15-12)13(18)14-8-5-9-17/h6-7,10,17H,3-5,8-9H2,1-2H3,(H,14,18). The summed E-state index contributed by atoms with van der Waals surface area (Å²) >= 11 is 0. The highest BCUT2D eigenvalue weighted by atomic mass is 16.3. The Morgan fingerprint density at radius 1 is 1.39 bits per heavy atom. The normalized spacial score (nSPS) is 10.2. The molecule has 0 spiro atoms. The van der Waals surface area contributed by atoms with Crippen LogP contribution in [0.2, 0.25) is 0 Å². The first-order valence-corrected chi connectivity index (χ1v) is 6.33. The van der Waals surface area contributed by atoms with Gasteiger partial charge in [-0.3, -0.25) is 4.79 Å². The third-order valence-electron chi connectivity index (χ3n) is 2.72. The van der Waals surface area contributed by atoms with Gasteiger partial charge in [0.2, 0.25) is 0 Å². The van der Waals surface area contributed by atoms with Gasteiger partial charge in [0.05, 0.1) is 5.56 Å². The fraction of sp³-hybridized carbons (Fsp3) is 0.538. The van der Waals surface area contributed by atoms with Crippen LogP contribution in [0.3, 0.4) is 0 Å². The molecule has 1 amide bonds. The van der Waals surface area contributed by atoms with Gasteiger partial charge in [-0.2, -0.15) is 0 Å². The number of aliphatic hydroxyl groups excluding tert-OH is 1. The Morgan fingerprint density at radius 3 is 2.61 bits per heavy atom. The average molecular weight is 251 g/mol. The minimum Gasteiger partial charge on any atom is -0.396 e. The van der Waals surface area contributed by atoms with Crippen molar-refractivity contribution in [2.75, 3.05) is 31.1 Å². The van der Waals surface area contributed by atoms with Gasteiger partial charge in [0.1, 0.15) is 5.82 Å². The van der Waals surface area contributed by atoms with Crippen LogP contribution in [0.25, 0.3) is 0 Å². The summed E-state index contributed by atoms with van der Waals surface area (Å²) in [4.78, 5) is 18.1. The Morgan fingerprint density at radius 2 is 2.11 bits per heavy atom. The molecule has 0 unspecified atom stereocenters. The van der Waals surface area contributed by atoms with E-state index in [2.05, 4.69) is 29.0 Å². The smallest absolute Gasteiger partial charge is 0.252 e. The molecule has 0 bridgehead atoms. The number of amides is 1. The Labute approximate surface area is 108 Å². The van der Waals surface area contributed by atoms with Crippen LogP contribution in [0.4, 0.5) is 5.82 Å². The third kappa shape index (κ3) is 4.00. The van der Waals surface area contributed by atoms with Crippen molar-refractivity contribution in [1.29, 1.82) is 0 Å². The molecule has 100 valence electrons. The van der Waals surface area contributed by atoms with Crippen LogP contribution in [0, 0.1) is 0 Å². The van der Waals surface area contributed by atoms with E-state index in [9.17, 15) is 4.79 Å². The van der Waals surface area contributed by atoms with E-state index in [0.717, 1.165) is 18.9 Å². The van der Waals surface area contributed by atoms with Crippen molar-refractivity contribution in [3.05, 3.63) is 23.9 Å². The van der Waals surface area contributed by atoms with Crippen molar-refractivity contribution < 1.29 is 9.90 Å². The molecule has 0 radical (unpaired) electrons. The number of nitrogens with one attached hydrogen (secondary N) is 1. The van der Waals surface area contributed by atoms with Gasteiger partial charge in [-0.05, 0) is 32.4 Å². The maximum atomic E-state index is 11.7. The van der Waals surface area contributed by atoms with E-state index in [-0.39, 0.29) is 12.5 Å². The molecular weight excluding hydrogens is 230 g/mol. The van der Waals surface area contributed by atoms with Crippen molar-refractivity contribution >= 4 is 11.7 Å². The topological polar surface area (TPSA) is 65.5 Å². The number of hydrogen-bond donors (Lipinski definition) is 2. The number of nitrogens with zero attached hydrogens (tertiary/aromatic N) is 2. The van der Waals surface area contributed by atoms with Crippen LogP contribution in [0.15, 0.2) is 18.3 Å². The number of carbonyl (C=O) groups excluding carboxylic acids is 1. The first-order chi connectivity index (χ1) is 8.72. The lowest BCUT2D eigenvalue weighted by Gasteiger charge is -2.19. The molecule has 0 fully saturated rings. The van der Waals surface area contributed by atoms with Gasteiger partial charge in [-0.1, -0.05) is 0 Å². The SMILES string of the molecule is CCN(CC)c1ccc(C(=O)NCCCO)cn1. The number of hydrogen-bond acceptors (Lipinski definition) is 4. The summed E-state index contributed by atoms with van der Waals surface area (Å²) in [6.07, 6.45) is 2.15. The fourth-order valence-corrected chi connectivity index (χ4v) is 1.64. The van der Waals surface area contributed by atoms with Crippen LogP contribution in [0.1, 0.15) is 30.6 Å². The van der Waals surface area contributed by atoms with E-state index >= 15 is 0 Å². The molecule has 0 aliphatic carbocycles. The van der Waals surface area contributed by atoms with Gasteiger partial charge in [-0.15, -0.1) is 0 Å². The van der Waals surface area contributed by atoms with Gasteiger partial charge in [0, 0.05) is 32.4 Å². The van der Waals surface area contributed by atoms with Crippen molar-refractivity contribution in [2.24, 2.45) is 0 Å². The second-order valence-electron chi connectivity index (χ2n) is 3.91. The van der Waals surface area contributed by atoms with Gasteiger partial charge in [0.15, 0.2) is 0 Å².